The summed E-state index contributed by atoms with van der Waals surface area (Å²) in [6.45, 7) is 0. The maximum absolute atomic E-state index is 5.38. The Morgan fingerprint density at radius 1 is 0.727 bits per heavy atom. The topological polar surface area (TPSA) is 43.2 Å². The molecule has 3 aromatic carbocycles. The molecule has 14 rings (SSSR count). The molecule has 0 fully saturated rings. The number of anilines is 2. The van der Waals surface area contributed by atoms with Crippen molar-refractivity contribution in [2.45, 2.75) is 106 Å². The Morgan fingerprint density at radius 2 is 1.64 bits per heavy atom. The molecule has 9 unspecified atom stereocenters. The first-order valence-electron chi connectivity index (χ1n) is 25.1. The molecule has 0 spiro atoms. The number of fused-ring (bicyclic) bond motifs is 11. The number of nitrogens with one attached hydrogen (secondary N) is 1. The van der Waals surface area contributed by atoms with Crippen molar-refractivity contribution < 1.29 is 0 Å². The Balaban J connectivity index is 0.803. The zero-order valence-electron chi connectivity index (χ0n) is 37.6. The number of rotatable bonds is 5. The Labute approximate surface area is 389 Å². The van der Waals surface area contributed by atoms with E-state index in [9.17, 15) is 0 Å². The van der Waals surface area contributed by atoms with Gasteiger partial charge in [0, 0.05) is 46.4 Å². The first-order valence-corrected chi connectivity index (χ1v) is 25.1. The molecule has 3 aliphatic heterocycles. The van der Waals surface area contributed by atoms with Gasteiger partial charge < -0.3 is 15.1 Å². The van der Waals surface area contributed by atoms with Crippen LogP contribution in [-0.2, 0) is 6.42 Å². The second-order valence-corrected chi connectivity index (χ2v) is 20.3. The predicted molar refractivity (Wildman–Crippen MR) is 273 cm³/mol. The molecule has 3 heterocycles. The van der Waals surface area contributed by atoms with Gasteiger partial charge in [-0.3, -0.25) is 0 Å². The van der Waals surface area contributed by atoms with Crippen LogP contribution in [-0.4, -0.2) is 36.0 Å². The molecular weight excluding hydrogens is 803 g/mol. The first-order chi connectivity index (χ1) is 32.7. The van der Waals surface area contributed by atoms with Gasteiger partial charge in [0.05, 0.1) is 18.0 Å². The largest absolute Gasteiger partial charge is 0.360 e. The maximum atomic E-state index is 5.38. The number of hydrogen-bond acceptors (Lipinski definition) is 5. The summed E-state index contributed by atoms with van der Waals surface area (Å²) in [5.74, 6) is 3.57. The van der Waals surface area contributed by atoms with E-state index in [-0.39, 0.29) is 30.1 Å². The van der Waals surface area contributed by atoms with E-state index in [0.29, 0.717) is 23.8 Å². The van der Waals surface area contributed by atoms with Crippen LogP contribution >= 0.6 is 0 Å². The summed E-state index contributed by atoms with van der Waals surface area (Å²) in [6.07, 6.45) is 51.6. The fourth-order valence-electron chi connectivity index (χ4n) is 13.9. The molecule has 0 aromatic heterocycles. The van der Waals surface area contributed by atoms with Crippen molar-refractivity contribution in [2.24, 2.45) is 21.8 Å². The molecule has 11 aliphatic rings. The maximum Gasteiger partial charge on any atom is 0.158 e. The predicted octanol–water partition coefficient (Wildman–Crippen LogP) is 13.0. The average molecular weight is 860 g/mol. The van der Waals surface area contributed by atoms with Crippen LogP contribution in [0.1, 0.15) is 109 Å². The Morgan fingerprint density at radius 3 is 2.59 bits per heavy atom. The number of para-hydroxylation sites is 1. The van der Waals surface area contributed by atoms with Gasteiger partial charge in [-0.1, -0.05) is 152 Å². The lowest BCUT2D eigenvalue weighted by Crippen LogP contribution is -2.50. The van der Waals surface area contributed by atoms with E-state index in [1.54, 1.807) is 16.7 Å². The van der Waals surface area contributed by atoms with E-state index in [1.807, 2.05) is 0 Å². The van der Waals surface area contributed by atoms with Crippen LogP contribution in [0.4, 0.5) is 11.4 Å². The van der Waals surface area contributed by atoms with Crippen molar-refractivity contribution in [1.82, 2.24) is 5.32 Å². The van der Waals surface area contributed by atoms with Gasteiger partial charge in [-0.05, 0) is 132 Å². The van der Waals surface area contributed by atoms with Crippen molar-refractivity contribution in [1.29, 1.82) is 0 Å². The highest BCUT2D eigenvalue weighted by Gasteiger charge is 2.53. The smallest absolute Gasteiger partial charge is 0.158 e. The van der Waals surface area contributed by atoms with Gasteiger partial charge in [0.2, 0.25) is 0 Å². The summed E-state index contributed by atoms with van der Waals surface area (Å²) >= 11 is 0. The van der Waals surface area contributed by atoms with Gasteiger partial charge >= 0.3 is 0 Å². The normalized spacial score (nSPS) is 31.5. The molecule has 3 aromatic rings. The molecule has 326 valence electrons. The Bertz CT molecular complexity index is 2990. The van der Waals surface area contributed by atoms with Crippen molar-refractivity contribution in [3.63, 3.8) is 0 Å². The number of allylic oxidation sites excluding steroid dienone is 13. The molecule has 0 radical (unpaired) electrons. The molecular formula is C61H57N5. The number of benzene rings is 3. The second-order valence-electron chi connectivity index (χ2n) is 20.3. The van der Waals surface area contributed by atoms with Crippen LogP contribution in [0.3, 0.4) is 0 Å². The summed E-state index contributed by atoms with van der Waals surface area (Å²) in [5, 5.41) is 3.94. The van der Waals surface area contributed by atoms with Crippen LogP contribution in [0.15, 0.2) is 190 Å². The summed E-state index contributed by atoms with van der Waals surface area (Å²) in [6, 6.07) is 24.2. The lowest BCUT2D eigenvalue weighted by Gasteiger charge is -2.48. The van der Waals surface area contributed by atoms with Gasteiger partial charge in [-0.25, -0.2) is 9.98 Å². The van der Waals surface area contributed by atoms with Gasteiger partial charge in [0.1, 0.15) is 12.0 Å². The van der Waals surface area contributed by atoms with Crippen molar-refractivity contribution in [3.8, 4) is 0 Å². The summed E-state index contributed by atoms with van der Waals surface area (Å²) in [5.41, 5.74) is 18.7. The van der Waals surface area contributed by atoms with E-state index < -0.39 is 0 Å². The van der Waals surface area contributed by atoms with Gasteiger partial charge in [0.15, 0.2) is 5.84 Å². The molecule has 0 amide bonds. The molecule has 0 bridgehead atoms. The molecule has 9 atom stereocenters. The van der Waals surface area contributed by atoms with E-state index in [2.05, 4.69) is 179 Å². The van der Waals surface area contributed by atoms with Crippen LogP contribution in [0.2, 0.25) is 0 Å². The van der Waals surface area contributed by atoms with Crippen molar-refractivity contribution >= 4 is 35.2 Å². The third-order valence-electron chi connectivity index (χ3n) is 16.9. The molecule has 5 heteroatoms. The average Bonchev–Trinajstić information content (AvgIpc) is 3.90. The highest BCUT2D eigenvalue weighted by Crippen LogP contribution is 2.59. The highest BCUT2D eigenvalue weighted by molar-refractivity contribution is 6.14. The number of nitrogens with zero attached hydrogens (tertiary/aromatic N) is 4. The number of hydrogen-bond donors (Lipinski definition) is 1. The molecule has 66 heavy (non-hydrogen) atoms. The molecule has 1 N–H and O–H groups in total. The third-order valence-corrected chi connectivity index (χ3v) is 16.9. The molecule has 0 saturated carbocycles. The molecule has 8 aliphatic carbocycles. The summed E-state index contributed by atoms with van der Waals surface area (Å²) in [7, 11) is 0. The number of aliphatic imine (C=N–C) groups is 2. The van der Waals surface area contributed by atoms with Crippen LogP contribution in [0.5, 0.6) is 0 Å². The lowest BCUT2D eigenvalue weighted by molar-refractivity contribution is 0.435. The highest BCUT2D eigenvalue weighted by atomic mass is 15.3. The quantitative estimate of drug-likeness (QED) is 0.260. The van der Waals surface area contributed by atoms with Gasteiger partial charge in [-0.2, -0.15) is 0 Å². The minimum Gasteiger partial charge on any atom is -0.360 e. The summed E-state index contributed by atoms with van der Waals surface area (Å²) in [4.78, 5) is 16.5. The van der Waals surface area contributed by atoms with E-state index in [4.69, 9.17) is 9.98 Å². The van der Waals surface area contributed by atoms with Crippen LogP contribution in [0.25, 0.3) is 12.2 Å². The SMILES string of the molecule is C1=CCC2C=C3C(c4ccccc4N3C3C=CC4=CC=C(C5=NC(C6=CCCC=C6)=NC(C6CC=Cc7ccccc76)N5)CC4C3)C(N3c4ccc5c(c4C4C=CCCC43)CCC=C5)C2=C1. The van der Waals surface area contributed by atoms with Crippen molar-refractivity contribution in [3.05, 3.63) is 213 Å². The van der Waals surface area contributed by atoms with E-state index in [0.717, 1.165) is 75.0 Å². The van der Waals surface area contributed by atoms with Crippen LogP contribution < -0.4 is 15.1 Å². The standard InChI is InChI=1S/C61H57N5/c1-2-17-41(18-3-1)59-62-60(64-61(63-59)49-26-14-20-39-15-4-7-21-46(39)49)43-30-29-38-31-33-45(36-44(38)35-43)65-52-27-12-11-25-51(52)57-55(65)37-42-19-6-9-23-48(42)58(57)66-53-28-13-10-24-50(53)56-47-22-8-5-16-40(47)32-34-54(56)66/h2,4-7,9-12,14-18,20-21,23-25,27,29-34,37,42,44-45,49-50,53,57-58,61H,1,3,8,13,19,22,26,28,35-36H2,(H,62,63,64). The van der Waals surface area contributed by atoms with Crippen LogP contribution in [0, 0.1) is 11.8 Å². The Kier molecular flexibility index (Phi) is 9.15. The second kappa shape index (κ2) is 15.6. The minimum atomic E-state index is -0.0948. The van der Waals surface area contributed by atoms with E-state index >= 15 is 0 Å². The van der Waals surface area contributed by atoms with Crippen molar-refractivity contribution in [2.75, 3.05) is 9.80 Å². The molecule has 5 nitrogen and oxygen atoms in total. The zero-order valence-corrected chi connectivity index (χ0v) is 37.6. The van der Waals surface area contributed by atoms with Gasteiger partial charge in [0.25, 0.3) is 0 Å². The number of amidine groups is 2. The lowest BCUT2D eigenvalue weighted by atomic mass is 9.71. The Hall–Kier alpha value is -6.46. The third kappa shape index (κ3) is 6.11. The monoisotopic (exact) mass is 859 g/mol. The first kappa shape index (κ1) is 38.8. The van der Waals surface area contributed by atoms with E-state index in [1.165, 1.54) is 56.9 Å². The minimum absolute atomic E-state index is 0.0948. The fourth-order valence-corrected chi connectivity index (χ4v) is 13.9. The summed E-state index contributed by atoms with van der Waals surface area (Å²) < 4.78 is 0. The zero-order chi connectivity index (χ0) is 43.3. The molecule has 0 saturated heterocycles. The fraction of sp³-hybridized carbons (Fsp3) is 0.311. The van der Waals surface area contributed by atoms with Gasteiger partial charge in [-0.15, -0.1) is 0 Å².